The fourth-order valence-electron chi connectivity index (χ4n) is 8.62. The van der Waals surface area contributed by atoms with E-state index in [-0.39, 0.29) is 67.3 Å². The van der Waals surface area contributed by atoms with Crippen molar-refractivity contribution in [2.24, 2.45) is 58.7 Å². The summed E-state index contributed by atoms with van der Waals surface area (Å²) in [5, 5.41) is 0.686. The third kappa shape index (κ3) is 6.17. The summed E-state index contributed by atoms with van der Waals surface area (Å²) in [7, 11) is 0. The van der Waals surface area contributed by atoms with Crippen LogP contribution in [-0.4, -0.2) is 48.7 Å². The van der Waals surface area contributed by atoms with Crippen LogP contribution in [0.3, 0.4) is 0 Å². The Morgan fingerprint density at radius 3 is 1.66 bits per heavy atom. The molecule has 0 heterocycles. The molecular weight excluding hydrogens is 536 g/mol. The number of carbonyl (C=O) groups is 3. The number of fused-ring (bicyclic) bond motifs is 6. The molecule has 0 aromatic carbocycles. The highest BCUT2D eigenvalue weighted by Gasteiger charge is 2.50. The SMILES string of the molecule is CCCCSC1CC2CC1CC2C(=O)OCC(CC)(COC(=O)C1CC2C=CC1C2)COC(=O)C1CC2C=CC1C2. The van der Waals surface area contributed by atoms with E-state index in [2.05, 4.69) is 43.0 Å². The van der Waals surface area contributed by atoms with Crippen LogP contribution in [0.4, 0.5) is 0 Å². The number of unbranched alkanes of at least 4 members (excludes halogenated alkanes) is 1. The van der Waals surface area contributed by atoms with Gasteiger partial charge in [0.15, 0.2) is 0 Å². The van der Waals surface area contributed by atoms with E-state index in [0.717, 1.165) is 44.9 Å². The fraction of sp³-hybridized carbons (Fsp3) is 0.794. The number of hydrogen-bond donors (Lipinski definition) is 0. The highest BCUT2D eigenvalue weighted by atomic mass is 32.2. The van der Waals surface area contributed by atoms with Crippen LogP contribution in [0.5, 0.6) is 0 Å². The van der Waals surface area contributed by atoms with Gasteiger partial charge in [0.05, 0.1) is 23.2 Å². The van der Waals surface area contributed by atoms with E-state index in [1.807, 2.05) is 6.92 Å². The number of thioether (sulfide) groups is 1. The van der Waals surface area contributed by atoms with Crippen LogP contribution in [0.2, 0.25) is 0 Å². The molecule has 10 atom stereocenters. The maximum atomic E-state index is 13.4. The molecule has 0 saturated heterocycles. The van der Waals surface area contributed by atoms with Crippen LogP contribution < -0.4 is 0 Å². The molecule has 0 aromatic heterocycles. The second kappa shape index (κ2) is 12.5. The molecule has 6 nitrogen and oxygen atoms in total. The molecule has 0 N–H and O–H groups in total. The average Bonchev–Trinajstić information content (AvgIpc) is 3.84. The maximum absolute atomic E-state index is 13.4. The number of ether oxygens (including phenoxy) is 3. The summed E-state index contributed by atoms with van der Waals surface area (Å²) in [6.07, 6.45) is 18.8. The number of esters is 3. The summed E-state index contributed by atoms with van der Waals surface area (Å²) in [4.78, 5) is 39.6. The van der Waals surface area contributed by atoms with Crippen LogP contribution >= 0.6 is 11.8 Å². The molecule has 0 radical (unpaired) electrons. The predicted octanol–water partition coefficient (Wildman–Crippen LogP) is 6.38. The van der Waals surface area contributed by atoms with Crippen molar-refractivity contribution < 1.29 is 28.6 Å². The Labute approximate surface area is 249 Å². The first-order valence-corrected chi connectivity index (χ1v) is 17.4. The van der Waals surface area contributed by atoms with Gasteiger partial charge in [0.25, 0.3) is 0 Å². The fourth-order valence-corrected chi connectivity index (χ4v) is 10.3. The van der Waals surface area contributed by atoms with Crippen molar-refractivity contribution in [2.75, 3.05) is 25.6 Å². The van der Waals surface area contributed by atoms with E-state index in [4.69, 9.17) is 14.2 Å². The van der Waals surface area contributed by atoms with E-state index in [0.29, 0.717) is 35.3 Å². The quantitative estimate of drug-likeness (QED) is 0.101. The van der Waals surface area contributed by atoms with E-state index in [1.54, 1.807) is 0 Å². The summed E-state index contributed by atoms with van der Waals surface area (Å²) in [5.74, 6) is 3.06. The molecule has 4 fully saturated rings. The van der Waals surface area contributed by atoms with Crippen LogP contribution in [-0.2, 0) is 28.6 Å². The first kappa shape index (κ1) is 29.3. The van der Waals surface area contributed by atoms with Gasteiger partial charge in [-0.3, -0.25) is 14.4 Å². The molecule has 6 aliphatic carbocycles. The molecule has 6 rings (SSSR count). The van der Waals surface area contributed by atoms with Gasteiger partial charge in [-0.2, -0.15) is 11.8 Å². The van der Waals surface area contributed by atoms with Gasteiger partial charge in [-0.1, -0.05) is 44.6 Å². The van der Waals surface area contributed by atoms with Gasteiger partial charge >= 0.3 is 17.9 Å². The summed E-state index contributed by atoms with van der Waals surface area (Å²) in [6.45, 7) is 4.55. The number of rotatable bonds is 14. The Morgan fingerprint density at radius 1 is 0.683 bits per heavy atom. The minimum Gasteiger partial charge on any atom is -0.465 e. The normalized spacial score (nSPS) is 38.9. The Balaban J connectivity index is 1.06. The molecule has 0 spiro atoms. The molecule has 6 aliphatic rings. The minimum atomic E-state index is -0.738. The summed E-state index contributed by atoms with van der Waals surface area (Å²) >= 11 is 2.10. The summed E-state index contributed by atoms with van der Waals surface area (Å²) < 4.78 is 17.9. The highest BCUT2D eigenvalue weighted by molar-refractivity contribution is 7.99. The highest BCUT2D eigenvalue weighted by Crippen LogP contribution is 2.53. The second-order valence-corrected chi connectivity index (χ2v) is 15.4. The van der Waals surface area contributed by atoms with Crippen LogP contribution in [0.1, 0.15) is 78.1 Å². The molecule has 7 heteroatoms. The number of allylic oxidation sites excluding steroid dienone is 4. The van der Waals surface area contributed by atoms with Crippen LogP contribution in [0, 0.1) is 58.7 Å². The molecule has 10 unspecified atom stereocenters. The van der Waals surface area contributed by atoms with Gasteiger partial charge in [0.2, 0.25) is 0 Å². The lowest BCUT2D eigenvalue weighted by Crippen LogP contribution is -2.41. The molecule has 6 bridgehead atoms. The van der Waals surface area contributed by atoms with Crippen LogP contribution in [0.25, 0.3) is 0 Å². The van der Waals surface area contributed by atoms with Crippen molar-refractivity contribution in [2.45, 2.75) is 83.3 Å². The van der Waals surface area contributed by atoms with E-state index in [9.17, 15) is 14.4 Å². The van der Waals surface area contributed by atoms with Gasteiger partial charge in [0.1, 0.15) is 19.8 Å². The molecule has 226 valence electrons. The van der Waals surface area contributed by atoms with E-state index >= 15 is 0 Å². The Hall–Kier alpha value is -1.76. The Morgan fingerprint density at radius 2 is 1.24 bits per heavy atom. The van der Waals surface area contributed by atoms with E-state index < -0.39 is 5.41 Å². The lowest BCUT2D eigenvalue weighted by Gasteiger charge is -2.33. The maximum Gasteiger partial charge on any atom is 0.309 e. The molecule has 0 amide bonds. The van der Waals surface area contributed by atoms with Crippen molar-refractivity contribution in [1.82, 2.24) is 0 Å². The van der Waals surface area contributed by atoms with Crippen molar-refractivity contribution in [3.8, 4) is 0 Å². The van der Waals surface area contributed by atoms with Gasteiger partial charge in [-0.25, -0.2) is 0 Å². The smallest absolute Gasteiger partial charge is 0.309 e. The minimum absolute atomic E-state index is 0.0377. The standard InChI is InChI=1S/C34H48O6S/c1-3-5-10-41-30-17-25-15-26(30)16-29(25)33(37)40-20-34(4-2,18-38-31(35)27-13-21-6-8-23(27)11-21)19-39-32(36)28-14-22-7-9-24(28)12-22/h6-9,21-30H,3-5,10-20H2,1-2H3. The first-order valence-electron chi connectivity index (χ1n) is 16.4. The van der Waals surface area contributed by atoms with Crippen molar-refractivity contribution in [3.63, 3.8) is 0 Å². The molecular formula is C34H48O6S. The largest absolute Gasteiger partial charge is 0.465 e. The van der Waals surface area contributed by atoms with Gasteiger partial charge in [-0.05, 0) is 99.0 Å². The zero-order valence-corrected chi connectivity index (χ0v) is 25.7. The van der Waals surface area contributed by atoms with E-state index in [1.165, 1.54) is 18.6 Å². The first-order chi connectivity index (χ1) is 19.9. The molecule has 41 heavy (non-hydrogen) atoms. The molecule has 0 aliphatic heterocycles. The zero-order chi connectivity index (χ0) is 28.6. The Kier molecular flexibility index (Phi) is 8.91. The molecule has 4 saturated carbocycles. The van der Waals surface area contributed by atoms with Gasteiger partial charge < -0.3 is 14.2 Å². The number of carbonyl (C=O) groups excluding carboxylic acids is 3. The number of hydrogen-bond acceptors (Lipinski definition) is 7. The van der Waals surface area contributed by atoms with Crippen molar-refractivity contribution >= 4 is 29.7 Å². The summed E-state index contributed by atoms with van der Waals surface area (Å²) in [6, 6.07) is 0. The molecule has 0 aromatic rings. The third-order valence-corrected chi connectivity index (χ3v) is 12.9. The lowest BCUT2D eigenvalue weighted by molar-refractivity contribution is -0.168. The average molecular weight is 585 g/mol. The van der Waals surface area contributed by atoms with Crippen molar-refractivity contribution in [1.29, 1.82) is 0 Å². The van der Waals surface area contributed by atoms with Gasteiger partial charge in [-0.15, -0.1) is 0 Å². The lowest BCUT2D eigenvalue weighted by atomic mass is 9.86. The van der Waals surface area contributed by atoms with Crippen molar-refractivity contribution in [3.05, 3.63) is 24.3 Å². The van der Waals surface area contributed by atoms with Crippen LogP contribution in [0.15, 0.2) is 24.3 Å². The third-order valence-electron chi connectivity index (χ3n) is 11.4. The Bertz CT molecular complexity index is 1000. The zero-order valence-electron chi connectivity index (χ0n) is 24.8. The topological polar surface area (TPSA) is 78.9 Å². The predicted molar refractivity (Wildman–Crippen MR) is 159 cm³/mol. The second-order valence-electron chi connectivity index (χ2n) is 14.0. The van der Waals surface area contributed by atoms with Gasteiger partial charge in [0, 0.05) is 5.25 Å². The monoisotopic (exact) mass is 584 g/mol. The summed E-state index contributed by atoms with van der Waals surface area (Å²) in [5.41, 5.74) is -0.738.